The molecule has 0 aliphatic carbocycles. The molecule has 0 aliphatic rings. The SMILES string of the molecule is CCOC(=O)[C@@H](O)[C@@H](CC(=O)OC(C)(C)C)C(=O)OCC. The Morgan fingerprint density at radius 1 is 1.00 bits per heavy atom. The van der Waals surface area contributed by atoms with Crippen molar-refractivity contribution in [2.45, 2.75) is 52.7 Å². The molecule has 2 atom stereocenters. The molecule has 0 rings (SSSR count). The fourth-order valence-corrected chi connectivity index (χ4v) is 1.53. The molecule has 0 aromatic rings. The summed E-state index contributed by atoms with van der Waals surface area (Å²) >= 11 is 0. The minimum atomic E-state index is -1.77. The van der Waals surface area contributed by atoms with Crippen LogP contribution in [0.4, 0.5) is 0 Å². The zero-order valence-corrected chi connectivity index (χ0v) is 13.2. The van der Waals surface area contributed by atoms with E-state index in [4.69, 9.17) is 9.47 Å². The van der Waals surface area contributed by atoms with Crippen LogP contribution in [0, 0.1) is 5.92 Å². The molecule has 0 amide bonds. The first-order valence-electron chi connectivity index (χ1n) is 6.85. The third kappa shape index (κ3) is 7.65. The van der Waals surface area contributed by atoms with Gasteiger partial charge in [0.15, 0.2) is 6.10 Å². The maximum absolute atomic E-state index is 11.8. The van der Waals surface area contributed by atoms with E-state index in [1.54, 1.807) is 34.6 Å². The van der Waals surface area contributed by atoms with Gasteiger partial charge in [-0.2, -0.15) is 0 Å². The van der Waals surface area contributed by atoms with Gasteiger partial charge in [-0.1, -0.05) is 0 Å². The molecular formula is C14H24O7. The fraction of sp³-hybridized carbons (Fsp3) is 0.786. The van der Waals surface area contributed by atoms with Crippen LogP contribution in [-0.2, 0) is 28.6 Å². The molecule has 0 heterocycles. The highest BCUT2D eigenvalue weighted by molar-refractivity contribution is 5.87. The second kappa shape index (κ2) is 8.61. The molecule has 0 bridgehead atoms. The molecule has 0 saturated carbocycles. The van der Waals surface area contributed by atoms with Gasteiger partial charge in [0.25, 0.3) is 0 Å². The Hall–Kier alpha value is -1.63. The van der Waals surface area contributed by atoms with E-state index in [0.29, 0.717) is 0 Å². The number of ether oxygens (including phenoxy) is 3. The van der Waals surface area contributed by atoms with Gasteiger partial charge in [0, 0.05) is 0 Å². The topological polar surface area (TPSA) is 99.1 Å². The van der Waals surface area contributed by atoms with Crippen LogP contribution < -0.4 is 0 Å². The molecule has 0 unspecified atom stereocenters. The zero-order chi connectivity index (χ0) is 16.6. The van der Waals surface area contributed by atoms with Gasteiger partial charge in [-0.3, -0.25) is 9.59 Å². The Morgan fingerprint density at radius 3 is 1.90 bits per heavy atom. The van der Waals surface area contributed by atoms with E-state index in [9.17, 15) is 19.5 Å². The van der Waals surface area contributed by atoms with Crippen LogP contribution >= 0.6 is 0 Å². The van der Waals surface area contributed by atoms with Crippen molar-refractivity contribution in [3.8, 4) is 0 Å². The van der Waals surface area contributed by atoms with E-state index in [0.717, 1.165) is 0 Å². The molecule has 0 aromatic carbocycles. The van der Waals surface area contributed by atoms with Crippen molar-refractivity contribution in [3.63, 3.8) is 0 Å². The van der Waals surface area contributed by atoms with Crippen LogP contribution in [-0.4, -0.2) is 47.9 Å². The number of rotatable bonds is 7. The number of carbonyl (C=O) groups excluding carboxylic acids is 3. The lowest BCUT2D eigenvalue weighted by molar-refractivity contribution is -0.171. The lowest BCUT2D eigenvalue weighted by Crippen LogP contribution is -2.39. The van der Waals surface area contributed by atoms with E-state index >= 15 is 0 Å². The third-order valence-electron chi connectivity index (χ3n) is 2.31. The van der Waals surface area contributed by atoms with Gasteiger partial charge in [-0.15, -0.1) is 0 Å². The largest absolute Gasteiger partial charge is 0.466 e. The average molecular weight is 304 g/mol. The highest BCUT2D eigenvalue weighted by Crippen LogP contribution is 2.17. The van der Waals surface area contributed by atoms with Gasteiger partial charge < -0.3 is 19.3 Å². The average Bonchev–Trinajstić information content (AvgIpc) is 2.33. The van der Waals surface area contributed by atoms with E-state index in [1.807, 2.05) is 0 Å². The van der Waals surface area contributed by atoms with Crippen molar-refractivity contribution in [2.75, 3.05) is 13.2 Å². The normalized spacial score (nSPS) is 14.0. The van der Waals surface area contributed by atoms with Crippen LogP contribution in [0.5, 0.6) is 0 Å². The van der Waals surface area contributed by atoms with E-state index < -0.39 is 42.0 Å². The first-order valence-corrected chi connectivity index (χ1v) is 6.85. The summed E-state index contributed by atoms with van der Waals surface area (Å²) < 4.78 is 14.5. The molecule has 21 heavy (non-hydrogen) atoms. The highest BCUT2D eigenvalue weighted by Gasteiger charge is 2.37. The van der Waals surface area contributed by atoms with Crippen molar-refractivity contribution in [1.82, 2.24) is 0 Å². The van der Waals surface area contributed by atoms with Gasteiger partial charge in [0.2, 0.25) is 0 Å². The van der Waals surface area contributed by atoms with E-state index in [1.165, 1.54) is 0 Å². The third-order valence-corrected chi connectivity index (χ3v) is 2.31. The second-order valence-electron chi connectivity index (χ2n) is 5.35. The minimum Gasteiger partial charge on any atom is -0.466 e. The lowest BCUT2D eigenvalue weighted by Gasteiger charge is -2.23. The summed E-state index contributed by atoms with van der Waals surface area (Å²) in [6.45, 7) is 8.29. The van der Waals surface area contributed by atoms with Crippen LogP contribution in [0.3, 0.4) is 0 Å². The van der Waals surface area contributed by atoms with Crippen molar-refractivity contribution >= 4 is 17.9 Å². The Bertz CT molecular complexity index is 370. The van der Waals surface area contributed by atoms with Crippen molar-refractivity contribution in [1.29, 1.82) is 0 Å². The molecule has 0 aliphatic heterocycles. The van der Waals surface area contributed by atoms with Crippen molar-refractivity contribution < 1.29 is 33.7 Å². The molecule has 0 aromatic heterocycles. The molecule has 0 radical (unpaired) electrons. The molecule has 7 nitrogen and oxygen atoms in total. The molecule has 0 saturated heterocycles. The number of hydrogen-bond donors (Lipinski definition) is 1. The second-order valence-corrected chi connectivity index (χ2v) is 5.35. The molecular weight excluding hydrogens is 280 g/mol. The summed E-state index contributed by atoms with van der Waals surface area (Å²) in [7, 11) is 0. The standard InChI is InChI=1S/C14H24O7/c1-6-19-12(17)9(11(16)13(18)20-7-2)8-10(15)21-14(3,4)5/h9,11,16H,6-8H2,1-5H3/t9-,11+/m1/s1. The minimum absolute atomic E-state index is 0.0534. The Labute approximate surface area is 124 Å². The number of esters is 3. The summed E-state index contributed by atoms with van der Waals surface area (Å²) in [5, 5.41) is 9.87. The summed E-state index contributed by atoms with van der Waals surface area (Å²) in [5.41, 5.74) is -0.731. The number of hydrogen-bond acceptors (Lipinski definition) is 7. The lowest BCUT2D eigenvalue weighted by atomic mass is 9.98. The van der Waals surface area contributed by atoms with Crippen LogP contribution in [0.2, 0.25) is 0 Å². The molecule has 122 valence electrons. The summed E-state index contributed by atoms with van der Waals surface area (Å²) in [4.78, 5) is 35.1. The maximum atomic E-state index is 11.8. The molecule has 1 N–H and O–H groups in total. The Morgan fingerprint density at radius 2 is 1.48 bits per heavy atom. The first kappa shape index (κ1) is 19.4. The van der Waals surface area contributed by atoms with Gasteiger partial charge in [0.05, 0.1) is 19.6 Å². The smallest absolute Gasteiger partial charge is 0.335 e. The summed E-state index contributed by atoms with van der Waals surface area (Å²) in [6.07, 6.45) is -2.23. The monoisotopic (exact) mass is 304 g/mol. The first-order chi connectivity index (χ1) is 9.62. The summed E-state index contributed by atoms with van der Waals surface area (Å²) in [6, 6.07) is 0. The van der Waals surface area contributed by atoms with Crippen LogP contribution in [0.15, 0.2) is 0 Å². The number of aliphatic hydroxyl groups is 1. The molecule has 0 spiro atoms. The van der Waals surface area contributed by atoms with Gasteiger partial charge in [-0.05, 0) is 34.6 Å². The number of aliphatic hydroxyl groups excluding tert-OH is 1. The fourth-order valence-electron chi connectivity index (χ4n) is 1.53. The van der Waals surface area contributed by atoms with E-state index in [-0.39, 0.29) is 13.2 Å². The van der Waals surface area contributed by atoms with Crippen molar-refractivity contribution in [2.24, 2.45) is 5.92 Å². The number of carbonyl (C=O) groups is 3. The predicted octanol–water partition coefficient (Wildman–Crippen LogP) is 0.821. The Balaban J connectivity index is 4.94. The van der Waals surface area contributed by atoms with E-state index in [2.05, 4.69) is 4.74 Å². The Kier molecular flexibility index (Phi) is 7.94. The van der Waals surface area contributed by atoms with Gasteiger partial charge >= 0.3 is 17.9 Å². The molecule has 7 heteroatoms. The summed E-state index contributed by atoms with van der Waals surface area (Å²) in [5.74, 6) is -3.87. The van der Waals surface area contributed by atoms with Gasteiger partial charge in [-0.25, -0.2) is 4.79 Å². The quantitative estimate of drug-likeness (QED) is 0.549. The van der Waals surface area contributed by atoms with Gasteiger partial charge in [0.1, 0.15) is 11.5 Å². The maximum Gasteiger partial charge on any atom is 0.335 e. The van der Waals surface area contributed by atoms with Crippen LogP contribution in [0.25, 0.3) is 0 Å². The predicted molar refractivity (Wildman–Crippen MR) is 73.2 cm³/mol. The van der Waals surface area contributed by atoms with Crippen LogP contribution in [0.1, 0.15) is 41.0 Å². The molecule has 0 fully saturated rings. The van der Waals surface area contributed by atoms with Crippen molar-refractivity contribution in [3.05, 3.63) is 0 Å². The highest BCUT2D eigenvalue weighted by atomic mass is 16.6. The zero-order valence-electron chi connectivity index (χ0n) is 13.2.